The molecule has 2 aromatic rings. The highest BCUT2D eigenvalue weighted by Crippen LogP contribution is 2.31. The van der Waals surface area contributed by atoms with Gasteiger partial charge in [0.1, 0.15) is 5.75 Å². The summed E-state index contributed by atoms with van der Waals surface area (Å²) in [6.07, 6.45) is 0. The van der Waals surface area contributed by atoms with Crippen LogP contribution >= 0.6 is 0 Å². The van der Waals surface area contributed by atoms with Crippen molar-refractivity contribution in [1.29, 1.82) is 0 Å². The fraction of sp³-hybridized carbons (Fsp3) is 0.143. The molecular formula is C14H14O2. The molecule has 0 aromatic heterocycles. The Morgan fingerprint density at radius 2 is 1.62 bits per heavy atom. The second-order valence-electron chi connectivity index (χ2n) is 3.57. The van der Waals surface area contributed by atoms with Crippen LogP contribution in [0.25, 0.3) is 0 Å². The first-order valence-corrected chi connectivity index (χ1v) is 5.17. The third kappa shape index (κ3) is 2.34. The molecule has 2 heteroatoms. The van der Waals surface area contributed by atoms with Gasteiger partial charge in [-0.05, 0) is 36.8 Å². The van der Waals surface area contributed by atoms with Crippen LogP contribution in [0.5, 0.6) is 17.2 Å². The molecule has 82 valence electrons. The van der Waals surface area contributed by atoms with Crippen molar-refractivity contribution >= 4 is 0 Å². The second kappa shape index (κ2) is 4.71. The number of hydrogen-bond donors (Lipinski definition) is 0. The van der Waals surface area contributed by atoms with Gasteiger partial charge in [-0.15, -0.1) is 0 Å². The van der Waals surface area contributed by atoms with Crippen LogP contribution in [0, 0.1) is 6.92 Å². The minimum absolute atomic E-state index is 0.744. The molecule has 0 aliphatic heterocycles. The average molecular weight is 214 g/mol. The summed E-state index contributed by atoms with van der Waals surface area (Å²) in [6, 6.07) is 15.6. The van der Waals surface area contributed by atoms with Crippen LogP contribution in [0.2, 0.25) is 0 Å². The number of ether oxygens (including phenoxy) is 2. The molecule has 16 heavy (non-hydrogen) atoms. The third-order valence-electron chi connectivity index (χ3n) is 2.29. The van der Waals surface area contributed by atoms with Crippen molar-refractivity contribution in [2.24, 2.45) is 0 Å². The summed E-state index contributed by atoms with van der Waals surface area (Å²) in [6.45, 7) is 2.03. The molecule has 2 aromatic carbocycles. The van der Waals surface area contributed by atoms with E-state index in [9.17, 15) is 0 Å². The monoisotopic (exact) mass is 214 g/mol. The summed E-state index contributed by atoms with van der Waals surface area (Å²) in [5, 5.41) is 0. The van der Waals surface area contributed by atoms with Crippen molar-refractivity contribution < 1.29 is 9.47 Å². The van der Waals surface area contributed by atoms with Gasteiger partial charge in [0, 0.05) is 0 Å². The molecule has 0 radical (unpaired) electrons. The lowest BCUT2D eigenvalue weighted by atomic mass is 10.2. The maximum atomic E-state index is 5.76. The van der Waals surface area contributed by atoms with Crippen LogP contribution in [-0.4, -0.2) is 7.11 Å². The number of aryl methyl sites for hydroxylation is 1. The number of methoxy groups -OCH3 is 1. The van der Waals surface area contributed by atoms with Gasteiger partial charge in [-0.1, -0.05) is 24.3 Å². The van der Waals surface area contributed by atoms with E-state index in [2.05, 4.69) is 0 Å². The number of rotatable bonds is 3. The maximum absolute atomic E-state index is 5.76. The molecule has 0 N–H and O–H groups in total. The summed E-state index contributed by atoms with van der Waals surface area (Å²) < 4.78 is 11.0. The molecule has 0 amide bonds. The molecule has 0 aliphatic rings. The lowest BCUT2D eigenvalue weighted by Crippen LogP contribution is -1.90. The Hall–Kier alpha value is -1.96. The van der Waals surface area contributed by atoms with Gasteiger partial charge in [-0.3, -0.25) is 0 Å². The van der Waals surface area contributed by atoms with Crippen molar-refractivity contribution in [2.45, 2.75) is 6.92 Å². The Bertz CT molecular complexity index is 463. The van der Waals surface area contributed by atoms with Crippen molar-refractivity contribution in [1.82, 2.24) is 0 Å². The normalized spacial score (nSPS) is 9.88. The molecule has 0 unspecified atom stereocenters. The SMILES string of the molecule is COc1ccc(C)cc1Oc1ccccc1. The van der Waals surface area contributed by atoms with E-state index in [4.69, 9.17) is 9.47 Å². The van der Waals surface area contributed by atoms with E-state index >= 15 is 0 Å². The summed E-state index contributed by atoms with van der Waals surface area (Å²) in [7, 11) is 1.64. The van der Waals surface area contributed by atoms with Crippen LogP contribution in [-0.2, 0) is 0 Å². The minimum atomic E-state index is 0.744. The zero-order chi connectivity index (χ0) is 11.4. The first kappa shape index (κ1) is 10.6. The summed E-state index contributed by atoms with van der Waals surface area (Å²) in [5.74, 6) is 2.30. The van der Waals surface area contributed by atoms with Crippen LogP contribution < -0.4 is 9.47 Å². The Labute approximate surface area is 95.4 Å². The van der Waals surface area contributed by atoms with Gasteiger partial charge in [-0.2, -0.15) is 0 Å². The van der Waals surface area contributed by atoms with Gasteiger partial charge in [0.15, 0.2) is 11.5 Å². The Morgan fingerprint density at radius 3 is 2.31 bits per heavy atom. The Kier molecular flexibility index (Phi) is 3.10. The highest BCUT2D eigenvalue weighted by atomic mass is 16.5. The summed E-state index contributed by atoms with van der Waals surface area (Å²) in [5.41, 5.74) is 1.15. The fourth-order valence-corrected chi connectivity index (χ4v) is 1.48. The van der Waals surface area contributed by atoms with Crippen LogP contribution in [0.1, 0.15) is 5.56 Å². The predicted molar refractivity (Wildman–Crippen MR) is 64.2 cm³/mol. The van der Waals surface area contributed by atoms with Gasteiger partial charge < -0.3 is 9.47 Å². The molecule has 2 nitrogen and oxygen atoms in total. The number of hydrogen-bond acceptors (Lipinski definition) is 2. The zero-order valence-electron chi connectivity index (χ0n) is 9.44. The summed E-state index contributed by atoms with van der Waals surface area (Å²) >= 11 is 0. The Balaban J connectivity index is 2.30. The standard InChI is InChI=1S/C14H14O2/c1-11-8-9-13(15-2)14(10-11)16-12-6-4-3-5-7-12/h3-10H,1-2H3. The molecule has 0 saturated carbocycles. The topological polar surface area (TPSA) is 18.5 Å². The largest absolute Gasteiger partial charge is 0.493 e. The van der Waals surface area contributed by atoms with Gasteiger partial charge >= 0.3 is 0 Å². The van der Waals surface area contributed by atoms with Crippen LogP contribution in [0.3, 0.4) is 0 Å². The van der Waals surface area contributed by atoms with Crippen molar-refractivity contribution in [2.75, 3.05) is 7.11 Å². The first-order valence-electron chi connectivity index (χ1n) is 5.17. The van der Waals surface area contributed by atoms with Gasteiger partial charge in [-0.25, -0.2) is 0 Å². The second-order valence-corrected chi connectivity index (χ2v) is 3.57. The van der Waals surface area contributed by atoms with Gasteiger partial charge in [0.2, 0.25) is 0 Å². The molecule has 0 saturated heterocycles. The molecule has 0 atom stereocenters. The molecule has 0 fully saturated rings. The van der Waals surface area contributed by atoms with E-state index in [0.29, 0.717) is 0 Å². The van der Waals surface area contributed by atoms with Crippen molar-refractivity contribution in [3.63, 3.8) is 0 Å². The Morgan fingerprint density at radius 1 is 0.875 bits per heavy atom. The number of benzene rings is 2. The third-order valence-corrected chi connectivity index (χ3v) is 2.29. The van der Waals surface area contributed by atoms with Gasteiger partial charge in [0.05, 0.1) is 7.11 Å². The average Bonchev–Trinajstić information content (AvgIpc) is 2.31. The molecule has 0 bridgehead atoms. The zero-order valence-corrected chi connectivity index (χ0v) is 9.44. The van der Waals surface area contributed by atoms with E-state index in [1.54, 1.807) is 7.11 Å². The lowest BCUT2D eigenvalue weighted by Gasteiger charge is -2.10. The summed E-state index contributed by atoms with van der Waals surface area (Å²) in [4.78, 5) is 0. The molecule has 0 aliphatic carbocycles. The first-order chi connectivity index (χ1) is 7.79. The highest BCUT2D eigenvalue weighted by molar-refractivity contribution is 5.45. The van der Waals surface area contributed by atoms with E-state index in [-0.39, 0.29) is 0 Å². The quantitative estimate of drug-likeness (QED) is 0.773. The predicted octanol–water partition coefficient (Wildman–Crippen LogP) is 3.80. The molecular weight excluding hydrogens is 200 g/mol. The van der Waals surface area contributed by atoms with Crippen LogP contribution in [0.15, 0.2) is 48.5 Å². The van der Waals surface area contributed by atoms with E-state index < -0.39 is 0 Å². The minimum Gasteiger partial charge on any atom is -0.493 e. The smallest absolute Gasteiger partial charge is 0.169 e. The van der Waals surface area contributed by atoms with E-state index in [0.717, 1.165) is 22.8 Å². The highest BCUT2D eigenvalue weighted by Gasteiger charge is 2.04. The molecule has 0 heterocycles. The van der Waals surface area contributed by atoms with Crippen molar-refractivity contribution in [3.8, 4) is 17.2 Å². The number of para-hydroxylation sites is 1. The fourth-order valence-electron chi connectivity index (χ4n) is 1.48. The molecule has 2 rings (SSSR count). The van der Waals surface area contributed by atoms with E-state index in [1.807, 2.05) is 55.5 Å². The maximum Gasteiger partial charge on any atom is 0.169 e. The van der Waals surface area contributed by atoms with Gasteiger partial charge in [0.25, 0.3) is 0 Å². The molecule has 0 spiro atoms. The van der Waals surface area contributed by atoms with E-state index in [1.165, 1.54) is 0 Å². The van der Waals surface area contributed by atoms with Crippen molar-refractivity contribution in [3.05, 3.63) is 54.1 Å². The van der Waals surface area contributed by atoms with Crippen LogP contribution in [0.4, 0.5) is 0 Å². The lowest BCUT2D eigenvalue weighted by molar-refractivity contribution is 0.378.